The number of rotatable bonds is 1. The fraction of sp³-hybridized carbons (Fsp3) is 0.250. The van der Waals surface area contributed by atoms with E-state index < -0.39 is 0 Å². The van der Waals surface area contributed by atoms with E-state index in [1.54, 1.807) is 11.6 Å². The molecule has 1 aliphatic rings. The minimum atomic E-state index is -0.347. The number of carbonyl (C=O) groups excluding carboxylic acids is 1. The van der Waals surface area contributed by atoms with Gasteiger partial charge in [-0.05, 0) is 17.0 Å². The zero-order valence-corrected chi connectivity index (χ0v) is 5.50. The first-order valence-corrected chi connectivity index (χ1v) is 3.38. The second kappa shape index (κ2) is 2.42. The predicted molar refractivity (Wildman–Crippen MR) is 34.5 cm³/mol. The Labute approximate surface area is 56.3 Å². The number of hydrogen-bond donors (Lipinski definition) is 1. The van der Waals surface area contributed by atoms with Gasteiger partial charge in [0.05, 0.1) is 0 Å². The first-order chi connectivity index (χ1) is 3.80. The second-order valence-electron chi connectivity index (χ2n) is 1.29. The van der Waals surface area contributed by atoms with Gasteiger partial charge >= 0.3 is 0 Å². The Balaban J connectivity index is 2.41. The first-order valence-electron chi connectivity index (χ1n) is 2.06. The predicted octanol–water partition coefficient (Wildman–Crippen LogP) is 0.885. The van der Waals surface area contributed by atoms with E-state index in [9.17, 15) is 4.79 Å². The van der Waals surface area contributed by atoms with Gasteiger partial charge in [-0.3, -0.25) is 4.79 Å². The Bertz CT molecular complexity index is 128. The maximum Gasteiger partial charge on any atom is 0.254 e. The van der Waals surface area contributed by atoms with Crippen molar-refractivity contribution in [1.29, 1.82) is 0 Å². The van der Waals surface area contributed by atoms with Gasteiger partial charge in [-0.15, -0.1) is 0 Å². The maximum atomic E-state index is 10.3. The molecule has 2 nitrogen and oxygen atoms in total. The third-order valence-corrected chi connectivity index (χ3v) is 2.00. The molecule has 4 heteroatoms. The van der Waals surface area contributed by atoms with Gasteiger partial charge in [0.15, 0.2) is 5.37 Å². The monoisotopic (exact) mass is 149 g/mol. The largest absolute Gasteiger partial charge is 0.371 e. The summed E-state index contributed by atoms with van der Waals surface area (Å²) in [4.78, 5) is 10.3. The molecule has 8 heavy (non-hydrogen) atoms. The van der Waals surface area contributed by atoms with Gasteiger partial charge in [0, 0.05) is 6.20 Å². The van der Waals surface area contributed by atoms with E-state index in [0.717, 1.165) is 0 Å². The molecule has 0 aromatic carbocycles. The number of thioether (sulfide) groups is 1. The molecule has 0 fully saturated rings. The van der Waals surface area contributed by atoms with Crippen LogP contribution in [-0.2, 0) is 4.79 Å². The molecule has 1 aliphatic heterocycles. The average Bonchev–Trinajstić information content (AvgIpc) is 2.12. The number of halogens is 1. The van der Waals surface area contributed by atoms with Gasteiger partial charge in [-0.1, -0.05) is 11.8 Å². The van der Waals surface area contributed by atoms with Crippen molar-refractivity contribution >= 4 is 28.6 Å². The molecule has 0 amide bonds. The zero-order chi connectivity index (χ0) is 5.98. The average molecular weight is 150 g/mol. The second-order valence-corrected chi connectivity index (χ2v) is 2.68. The van der Waals surface area contributed by atoms with Crippen LogP contribution in [-0.4, -0.2) is 10.6 Å². The van der Waals surface area contributed by atoms with Crippen LogP contribution in [0.5, 0.6) is 0 Å². The van der Waals surface area contributed by atoms with Crippen LogP contribution in [0, 0.1) is 0 Å². The quantitative estimate of drug-likeness (QED) is 0.562. The highest BCUT2D eigenvalue weighted by Gasteiger charge is 2.15. The minimum absolute atomic E-state index is 0.253. The number of carbonyl (C=O) groups is 1. The van der Waals surface area contributed by atoms with Crippen LogP contribution in [0.2, 0.25) is 0 Å². The summed E-state index contributed by atoms with van der Waals surface area (Å²) in [6, 6.07) is 0. The van der Waals surface area contributed by atoms with Crippen LogP contribution in [0.4, 0.5) is 0 Å². The van der Waals surface area contributed by atoms with E-state index in [4.69, 9.17) is 11.6 Å². The van der Waals surface area contributed by atoms with E-state index in [1.165, 1.54) is 11.8 Å². The molecule has 1 N–H and O–H groups in total. The summed E-state index contributed by atoms with van der Waals surface area (Å²) in [7, 11) is 0. The fourth-order valence-electron chi connectivity index (χ4n) is 0.403. The van der Waals surface area contributed by atoms with E-state index >= 15 is 0 Å². The Hall–Kier alpha value is -0.150. The molecule has 1 atom stereocenters. The van der Waals surface area contributed by atoms with Crippen molar-refractivity contribution < 1.29 is 4.79 Å². The van der Waals surface area contributed by atoms with Crippen LogP contribution >= 0.6 is 23.4 Å². The molecule has 0 bridgehead atoms. The molecule has 1 heterocycles. The van der Waals surface area contributed by atoms with Crippen molar-refractivity contribution in [3.8, 4) is 0 Å². The van der Waals surface area contributed by atoms with Crippen LogP contribution < -0.4 is 5.32 Å². The number of nitrogens with one attached hydrogen (secondary N) is 1. The fourth-order valence-corrected chi connectivity index (χ4v) is 1.20. The molecule has 0 aromatic heterocycles. The minimum Gasteiger partial charge on any atom is -0.371 e. The van der Waals surface area contributed by atoms with Crippen molar-refractivity contribution in [2.24, 2.45) is 0 Å². The standard InChI is InChI=1S/C4H4ClNOS/c5-3(7)4-6-1-2-8-4/h1-2,4,6H. The molecule has 0 spiro atoms. The molecule has 44 valence electrons. The summed E-state index contributed by atoms with van der Waals surface area (Å²) in [6.45, 7) is 0. The van der Waals surface area contributed by atoms with Gasteiger partial charge in [0.1, 0.15) is 0 Å². The lowest BCUT2D eigenvalue weighted by molar-refractivity contribution is -0.111. The molecule has 1 rings (SSSR count). The Morgan fingerprint density at radius 3 is 2.88 bits per heavy atom. The van der Waals surface area contributed by atoms with Gasteiger partial charge < -0.3 is 5.32 Å². The smallest absolute Gasteiger partial charge is 0.254 e. The topological polar surface area (TPSA) is 29.1 Å². The van der Waals surface area contributed by atoms with E-state index in [0.29, 0.717) is 0 Å². The molecule has 1 unspecified atom stereocenters. The van der Waals surface area contributed by atoms with Crippen molar-refractivity contribution in [1.82, 2.24) is 5.32 Å². The van der Waals surface area contributed by atoms with E-state index in [-0.39, 0.29) is 10.6 Å². The van der Waals surface area contributed by atoms with Gasteiger partial charge in [0.2, 0.25) is 0 Å². The van der Waals surface area contributed by atoms with Gasteiger partial charge in [-0.2, -0.15) is 0 Å². The first kappa shape index (κ1) is 5.98. The molecule has 0 radical (unpaired) electrons. The van der Waals surface area contributed by atoms with Crippen LogP contribution in [0.1, 0.15) is 0 Å². The highest BCUT2D eigenvalue weighted by molar-refractivity contribution is 8.03. The lowest BCUT2D eigenvalue weighted by Gasteiger charge is -2.00. The Kier molecular flexibility index (Phi) is 1.81. The lowest BCUT2D eigenvalue weighted by atomic mass is 10.7. The third-order valence-electron chi connectivity index (χ3n) is 0.736. The highest BCUT2D eigenvalue weighted by atomic mass is 35.5. The van der Waals surface area contributed by atoms with Gasteiger partial charge in [-0.25, -0.2) is 0 Å². The molecule has 0 aliphatic carbocycles. The zero-order valence-electron chi connectivity index (χ0n) is 3.93. The molecular formula is C4H4ClNOS. The Morgan fingerprint density at radius 1 is 1.88 bits per heavy atom. The van der Waals surface area contributed by atoms with Crippen LogP contribution in [0.25, 0.3) is 0 Å². The van der Waals surface area contributed by atoms with Gasteiger partial charge in [0.25, 0.3) is 5.24 Å². The van der Waals surface area contributed by atoms with Crippen molar-refractivity contribution in [3.05, 3.63) is 11.6 Å². The molecule has 0 saturated carbocycles. The Morgan fingerprint density at radius 2 is 2.62 bits per heavy atom. The normalized spacial score (nSPS) is 25.4. The SMILES string of the molecule is O=C(Cl)C1NC=CS1. The van der Waals surface area contributed by atoms with Crippen LogP contribution in [0.15, 0.2) is 11.6 Å². The molecule has 0 aromatic rings. The lowest BCUT2D eigenvalue weighted by Crippen LogP contribution is -2.22. The number of hydrogen-bond acceptors (Lipinski definition) is 3. The third kappa shape index (κ3) is 1.17. The summed E-state index contributed by atoms with van der Waals surface area (Å²) in [5, 5.41) is 3.95. The summed E-state index contributed by atoms with van der Waals surface area (Å²) in [5.41, 5.74) is 0. The summed E-state index contributed by atoms with van der Waals surface area (Å²) in [6.07, 6.45) is 1.70. The van der Waals surface area contributed by atoms with Crippen molar-refractivity contribution in [3.63, 3.8) is 0 Å². The van der Waals surface area contributed by atoms with Crippen molar-refractivity contribution in [2.45, 2.75) is 5.37 Å². The van der Waals surface area contributed by atoms with E-state index in [2.05, 4.69) is 5.32 Å². The maximum absolute atomic E-state index is 10.3. The molecular weight excluding hydrogens is 146 g/mol. The van der Waals surface area contributed by atoms with E-state index in [1.807, 2.05) is 0 Å². The summed E-state index contributed by atoms with van der Waals surface area (Å²) >= 11 is 6.50. The highest BCUT2D eigenvalue weighted by Crippen LogP contribution is 2.16. The van der Waals surface area contributed by atoms with Crippen molar-refractivity contribution in [2.75, 3.05) is 0 Å². The van der Waals surface area contributed by atoms with Crippen LogP contribution in [0.3, 0.4) is 0 Å². The molecule has 0 saturated heterocycles. The summed E-state index contributed by atoms with van der Waals surface area (Å²) < 4.78 is 0. The summed E-state index contributed by atoms with van der Waals surface area (Å²) in [5.74, 6) is 0.